The van der Waals surface area contributed by atoms with Crippen molar-refractivity contribution in [1.29, 1.82) is 0 Å². The Bertz CT molecular complexity index is 539. The van der Waals surface area contributed by atoms with E-state index < -0.39 is 35.3 Å². The zero-order chi connectivity index (χ0) is 16.2. The fraction of sp³-hybridized carbons (Fsp3) is 0.429. The molecule has 0 bridgehead atoms. The number of ether oxygens (including phenoxy) is 1. The molecule has 6 nitrogen and oxygen atoms in total. The first-order valence-electron chi connectivity index (χ1n) is 6.28. The van der Waals surface area contributed by atoms with E-state index in [1.807, 2.05) is 0 Å². The lowest BCUT2D eigenvalue weighted by molar-refractivity contribution is -0.139. The molecular formula is C14H18FNO5. The summed E-state index contributed by atoms with van der Waals surface area (Å²) in [4.78, 5) is 22.7. The number of rotatable bonds is 4. The number of carbonyl (C=O) groups excluding carboxylic acids is 1. The smallest absolute Gasteiger partial charge is 0.408 e. The van der Waals surface area contributed by atoms with Crippen LogP contribution >= 0.6 is 0 Å². The molecule has 1 rings (SSSR count). The van der Waals surface area contributed by atoms with E-state index in [4.69, 9.17) is 14.9 Å². The Morgan fingerprint density at radius 2 is 2.00 bits per heavy atom. The van der Waals surface area contributed by atoms with Crippen LogP contribution in [0.25, 0.3) is 0 Å². The number of amides is 1. The number of carboxylic acid groups (broad SMARTS) is 1. The fourth-order valence-corrected chi connectivity index (χ4v) is 1.56. The molecule has 0 fully saturated rings. The molecule has 0 saturated carbocycles. The van der Waals surface area contributed by atoms with Gasteiger partial charge in [-0.05, 0) is 38.5 Å². The highest BCUT2D eigenvalue weighted by Crippen LogP contribution is 2.17. The van der Waals surface area contributed by atoms with Gasteiger partial charge in [-0.15, -0.1) is 0 Å². The van der Waals surface area contributed by atoms with Crippen molar-refractivity contribution in [2.75, 3.05) is 0 Å². The maximum absolute atomic E-state index is 13.2. The SMILES string of the molecule is CC(C)(C)OC(=O)NC(Cc1ccc(O)c(F)c1)C(=O)O. The number of carboxylic acids is 1. The lowest BCUT2D eigenvalue weighted by Crippen LogP contribution is -2.44. The maximum atomic E-state index is 13.2. The summed E-state index contributed by atoms with van der Waals surface area (Å²) in [5.41, 5.74) is -0.425. The normalized spacial score (nSPS) is 12.6. The minimum absolute atomic E-state index is 0.133. The molecule has 0 aliphatic heterocycles. The van der Waals surface area contributed by atoms with Gasteiger partial charge in [0.2, 0.25) is 0 Å². The van der Waals surface area contributed by atoms with Gasteiger partial charge in [-0.25, -0.2) is 14.0 Å². The molecule has 0 aliphatic rings. The van der Waals surface area contributed by atoms with Crippen LogP contribution in [0.5, 0.6) is 5.75 Å². The number of aromatic hydroxyl groups is 1. The standard InChI is InChI=1S/C14H18FNO5/c1-14(2,3)21-13(20)16-10(12(18)19)7-8-4-5-11(17)9(15)6-8/h4-6,10,17H,7H2,1-3H3,(H,16,20)(H,18,19). The van der Waals surface area contributed by atoms with Crippen molar-refractivity contribution in [3.05, 3.63) is 29.6 Å². The van der Waals surface area contributed by atoms with Gasteiger partial charge in [-0.1, -0.05) is 6.07 Å². The monoisotopic (exact) mass is 299 g/mol. The Morgan fingerprint density at radius 1 is 1.38 bits per heavy atom. The molecule has 1 atom stereocenters. The van der Waals surface area contributed by atoms with Gasteiger partial charge >= 0.3 is 12.1 Å². The van der Waals surface area contributed by atoms with Crippen molar-refractivity contribution in [1.82, 2.24) is 5.32 Å². The Labute approximate surface area is 121 Å². The topological polar surface area (TPSA) is 95.9 Å². The molecule has 0 heterocycles. The zero-order valence-corrected chi connectivity index (χ0v) is 12.0. The third kappa shape index (κ3) is 5.68. The highest BCUT2D eigenvalue weighted by atomic mass is 19.1. The van der Waals surface area contributed by atoms with Crippen LogP contribution in [0.3, 0.4) is 0 Å². The number of phenols is 1. The molecule has 1 unspecified atom stereocenters. The second kappa shape index (κ2) is 6.43. The molecule has 0 spiro atoms. The van der Waals surface area contributed by atoms with Crippen molar-refractivity contribution in [3.63, 3.8) is 0 Å². The van der Waals surface area contributed by atoms with Gasteiger partial charge in [-0.2, -0.15) is 0 Å². The largest absolute Gasteiger partial charge is 0.505 e. The minimum atomic E-state index is -1.27. The van der Waals surface area contributed by atoms with Crippen LogP contribution in [-0.4, -0.2) is 33.9 Å². The Morgan fingerprint density at radius 3 is 2.48 bits per heavy atom. The van der Waals surface area contributed by atoms with Gasteiger partial charge in [0.05, 0.1) is 0 Å². The third-order valence-electron chi connectivity index (χ3n) is 2.44. The summed E-state index contributed by atoms with van der Waals surface area (Å²) in [6.07, 6.45) is -1.000. The summed E-state index contributed by atoms with van der Waals surface area (Å²) in [5.74, 6) is -2.64. The summed E-state index contributed by atoms with van der Waals surface area (Å²) < 4.78 is 18.2. The highest BCUT2D eigenvalue weighted by molar-refractivity contribution is 5.80. The number of hydrogen-bond donors (Lipinski definition) is 3. The third-order valence-corrected chi connectivity index (χ3v) is 2.44. The summed E-state index contributed by atoms with van der Waals surface area (Å²) in [6.45, 7) is 4.95. The van der Waals surface area contributed by atoms with E-state index in [1.54, 1.807) is 20.8 Å². The lowest BCUT2D eigenvalue weighted by atomic mass is 10.1. The molecule has 1 aromatic carbocycles. The molecule has 116 valence electrons. The van der Waals surface area contributed by atoms with Gasteiger partial charge in [0.15, 0.2) is 11.6 Å². The van der Waals surface area contributed by atoms with E-state index in [2.05, 4.69) is 5.32 Å². The number of aliphatic carboxylic acids is 1. The van der Waals surface area contributed by atoms with Crippen LogP contribution in [0, 0.1) is 5.82 Å². The fourth-order valence-electron chi connectivity index (χ4n) is 1.56. The summed E-state index contributed by atoms with van der Waals surface area (Å²) in [6, 6.07) is 2.26. The maximum Gasteiger partial charge on any atom is 0.408 e. The average molecular weight is 299 g/mol. The summed E-state index contributed by atoms with van der Waals surface area (Å²) in [7, 11) is 0. The van der Waals surface area contributed by atoms with Crippen LogP contribution in [-0.2, 0) is 16.0 Å². The number of nitrogens with one attached hydrogen (secondary N) is 1. The van der Waals surface area contributed by atoms with Crippen LogP contribution in [0.1, 0.15) is 26.3 Å². The van der Waals surface area contributed by atoms with Crippen LogP contribution < -0.4 is 5.32 Å². The minimum Gasteiger partial charge on any atom is -0.505 e. The number of carbonyl (C=O) groups is 2. The van der Waals surface area contributed by atoms with Crippen molar-refractivity contribution in [2.24, 2.45) is 0 Å². The van der Waals surface area contributed by atoms with E-state index in [9.17, 15) is 14.0 Å². The molecule has 0 saturated heterocycles. The first-order valence-corrected chi connectivity index (χ1v) is 6.28. The number of phenolic OH excluding ortho intramolecular Hbond substituents is 1. The first kappa shape index (κ1) is 16.7. The van der Waals surface area contributed by atoms with Crippen molar-refractivity contribution < 1.29 is 28.9 Å². The molecule has 3 N–H and O–H groups in total. The van der Waals surface area contributed by atoms with Gasteiger partial charge in [0.1, 0.15) is 11.6 Å². The van der Waals surface area contributed by atoms with E-state index in [-0.39, 0.29) is 6.42 Å². The molecule has 1 amide bonds. The number of alkyl carbamates (subject to hydrolysis) is 1. The van der Waals surface area contributed by atoms with Gasteiger partial charge < -0.3 is 20.3 Å². The summed E-state index contributed by atoms with van der Waals surface area (Å²) >= 11 is 0. The Balaban J connectivity index is 2.76. The van der Waals surface area contributed by atoms with Crippen molar-refractivity contribution in [3.8, 4) is 5.75 Å². The first-order chi connectivity index (χ1) is 9.58. The molecule has 1 aromatic rings. The Hall–Kier alpha value is -2.31. The predicted molar refractivity (Wildman–Crippen MR) is 72.6 cm³/mol. The molecular weight excluding hydrogens is 281 g/mol. The Kier molecular flexibility index (Phi) is 5.12. The molecule has 0 radical (unpaired) electrons. The molecule has 0 aliphatic carbocycles. The van der Waals surface area contributed by atoms with Crippen LogP contribution in [0.2, 0.25) is 0 Å². The highest BCUT2D eigenvalue weighted by Gasteiger charge is 2.24. The van der Waals surface area contributed by atoms with E-state index in [0.29, 0.717) is 5.56 Å². The predicted octanol–water partition coefficient (Wildman–Crippen LogP) is 2.05. The van der Waals surface area contributed by atoms with Gasteiger partial charge in [-0.3, -0.25) is 0 Å². The number of halogens is 1. The second-order valence-electron chi connectivity index (χ2n) is 5.53. The quantitative estimate of drug-likeness (QED) is 0.790. The van der Waals surface area contributed by atoms with Crippen LogP contribution in [0.4, 0.5) is 9.18 Å². The van der Waals surface area contributed by atoms with Crippen molar-refractivity contribution in [2.45, 2.75) is 38.8 Å². The van der Waals surface area contributed by atoms with E-state index in [1.165, 1.54) is 6.07 Å². The number of hydrogen-bond acceptors (Lipinski definition) is 4. The van der Waals surface area contributed by atoms with Gasteiger partial charge in [0, 0.05) is 6.42 Å². The summed E-state index contributed by atoms with van der Waals surface area (Å²) in [5, 5.41) is 20.4. The second-order valence-corrected chi connectivity index (χ2v) is 5.53. The van der Waals surface area contributed by atoms with E-state index in [0.717, 1.165) is 12.1 Å². The average Bonchev–Trinajstić information content (AvgIpc) is 2.30. The molecule has 7 heteroatoms. The molecule has 0 aromatic heterocycles. The molecule has 21 heavy (non-hydrogen) atoms. The van der Waals surface area contributed by atoms with Gasteiger partial charge in [0.25, 0.3) is 0 Å². The lowest BCUT2D eigenvalue weighted by Gasteiger charge is -2.22. The number of benzene rings is 1. The van der Waals surface area contributed by atoms with E-state index >= 15 is 0 Å². The zero-order valence-electron chi connectivity index (χ0n) is 12.0. The van der Waals surface area contributed by atoms with Crippen LogP contribution in [0.15, 0.2) is 18.2 Å². The van der Waals surface area contributed by atoms with Crippen molar-refractivity contribution >= 4 is 12.1 Å².